The summed E-state index contributed by atoms with van der Waals surface area (Å²) < 4.78 is 19.8. The van der Waals surface area contributed by atoms with E-state index in [-0.39, 0.29) is 17.1 Å². The molecule has 0 bridgehead atoms. The first-order chi connectivity index (χ1) is 11.5. The zero-order valence-electron chi connectivity index (χ0n) is 16.4. The number of aldehydes is 1. The molecule has 0 amide bonds. The zero-order chi connectivity index (χ0) is 19.0. The van der Waals surface area contributed by atoms with Crippen molar-refractivity contribution < 1.29 is 13.9 Å². The van der Waals surface area contributed by atoms with Crippen LogP contribution in [0, 0.1) is 5.41 Å². The fourth-order valence-electron chi connectivity index (χ4n) is 3.43. The maximum atomic E-state index is 14.0. The number of hydrogen-bond acceptors (Lipinski definition) is 2. The smallest absolute Gasteiger partial charge is 0.178 e. The molecule has 0 fully saturated rings. The Labute approximate surface area is 150 Å². The third-order valence-corrected chi connectivity index (χ3v) is 4.93. The molecule has 1 aromatic carbocycles. The summed E-state index contributed by atoms with van der Waals surface area (Å²) in [5.41, 5.74) is 4.53. The third-order valence-electron chi connectivity index (χ3n) is 4.93. The Hall–Kier alpha value is -1.90. The van der Waals surface area contributed by atoms with Gasteiger partial charge in [0, 0.05) is 5.56 Å². The van der Waals surface area contributed by atoms with E-state index in [4.69, 9.17) is 4.74 Å². The number of carbonyl (C=O) groups excluding carboxylic acids is 1. The third kappa shape index (κ3) is 3.70. The maximum absolute atomic E-state index is 14.0. The molecule has 0 radical (unpaired) electrons. The second-order valence-electron chi connectivity index (χ2n) is 8.37. The average molecular weight is 344 g/mol. The van der Waals surface area contributed by atoms with Crippen LogP contribution >= 0.6 is 0 Å². The molecule has 0 N–H and O–H groups in total. The fourth-order valence-corrected chi connectivity index (χ4v) is 3.43. The average Bonchev–Trinajstić information content (AvgIpc) is 2.52. The molecule has 1 aromatic rings. The van der Waals surface area contributed by atoms with Gasteiger partial charge in [0.25, 0.3) is 0 Å². The number of fused-ring (bicyclic) bond motifs is 1. The van der Waals surface area contributed by atoms with Crippen molar-refractivity contribution in [2.45, 2.75) is 60.3 Å². The van der Waals surface area contributed by atoms with Crippen molar-refractivity contribution in [1.82, 2.24) is 0 Å². The highest BCUT2D eigenvalue weighted by molar-refractivity contribution is 5.88. The quantitative estimate of drug-likeness (QED) is 0.487. The summed E-state index contributed by atoms with van der Waals surface area (Å²) in [5.74, 6) is -0.115. The van der Waals surface area contributed by atoms with Crippen molar-refractivity contribution in [2.24, 2.45) is 5.41 Å². The second-order valence-corrected chi connectivity index (χ2v) is 8.37. The van der Waals surface area contributed by atoms with E-state index in [1.54, 1.807) is 6.92 Å². The van der Waals surface area contributed by atoms with Crippen molar-refractivity contribution >= 4 is 17.4 Å². The highest BCUT2D eigenvalue weighted by Gasteiger charge is 2.33. The molecular formula is C22H29FO2. The number of carbonyl (C=O) groups is 1. The van der Waals surface area contributed by atoms with Gasteiger partial charge in [0.2, 0.25) is 0 Å². The lowest BCUT2D eigenvalue weighted by Crippen LogP contribution is -2.25. The second kappa shape index (κ2) is 6.78. The lowest BCUT2D eigenvalue weighted by molar-refractivity contribution is -0.106. The SMILES string of the molecule is CCOc1cc2c(cc1/C(C)=C(/F)C=O)C(C(C)(C)C)=CCC2(C)C. The molecule has 0 saturated heterocycles. The van der Waals surface area contributed by atoms with Crippen molar-refractivity contribution in [2.75, 3.05) is 6.61 Å². The first-order valence-corrected chi connectivity index (χ1v) is 8.87. The summed E-state index contributed by atoms with van der Waals surface area (Å²) in [4.78, 5) is 10.9. The van der Waals surface area contributed by atoms with Crippen LogP contribution in [0.25, 0.3) is 11.1 Å². The molecule has 0 spiro atoms. The fraction of sp³-hybridized carbons (Fsp3) is 0.500. The first-order valence-electron chi connectivity index (χ1n) is 8.87. The summed E-state index contributed by atoms with van der Waals surface area (Å²) in [7, 11) is 0. The minimum atomic E-state index is -0.753. The number of allylic oxidation sites excluding steroid dienone is 4. The van der Waals surface area contributed by atoms with Gasteiger partial charge in [-0.25, -0.2) is 4.39 Å². The standard InChI is InChI=1S/C22H29FO2/c1-8-25-20-12-18-16(11-15(20)14(2)19(23)13-24)17(21(3,4)5)9-10-22(18,6)7/h9,11-13H,8,10H2,1-7H3/b19-14+. The molecule has 0 saturated carbocycles. The highest BCUT2D eigenvalue weighted by atomic mass is 19.1. The number of rotatable bonds is 4. The molecule has 25 heavy (non-hydrogen) atoms. The lowest BCUT2D eigenvalue weighted by Gasteiger charge is -2.37. The van der Waals surface area contributed by atoms with Crippen molar-refractivity contribution in [3.8, 4) is 5.75 Å². The van der Waals surface area contributed by atoms with Crippen LogP contribution in [0.4, 0.5) is 4.39 Å². The number of benzene rings is 1. The van der Waals surface area contributed by atoms with Crippen LogP contribution in [0.3, 0.4) is 0 Å². The molecule has 0 aromatic heterocycles. The topological polar surface area (TPSA) is 26.3 Å². The zero-order valence-corrected chi connectivity index (χ0v) is 16.4. The summed E-state index contributed by atoms with van der Waals surface area (Å²) in [6.07, 6.45) is 3.51. The van der Waals surface area contributed by atoms with E-state index in [1.165, 1.54) is 11.1 Å². The summed E-state index contributed by atoms with van der Waals surface area (Å²) in [6.45, 7) is 15.0. The predicted octanol–water partition coefficient (Wildman–Crippen LogP) is 6.10. The van der Waals surface area contributed by atoms with E-state index in [0.717, 1.165) is 12.0 Å². The minimum Gasteiger partial charge on any atom is -0.493 e. The van der Waals surface area contributed by atoms with E-state index in [9.17, 15) is 9.18 Å². The minimum absolute atomic E-state index is 0.0174. The molecule has 1 aliphatic rings. The van der Waals surface area contributed by atoms with E-state index in [1.807, 2.05) is 19.1 Å². The Morgan fingerprint density at radius 2 is 1.96 bits per heavy atom. The number of hydrogen-bond donors (Lipinski definition) is 0. The molecule has 3 heteroatoms. The molecule has 0 aliphatic heterocycles. The largest absolute Gasteiger partial charge is 0.493 e. The van der Waals surface area contributed by atoms with Crippen LogP contribution in [0.15, 0.2) is 24.0 Å². The van der Waals surface area contributed by atoms with Gasteiger partial charge in [0.15, 0.2) is 12.1 Å². The molecule has 0 atom stereocenters. The Morgan fingerprint density at radius 3 is 2.48 bits per heavy atom. The van der Waals surface area contributed by atoms with Crippen molar-refractivity contribution in [1.29, 1.82) is 0 Å². The molecule has 2 nitrogen and oxygen atoms in total. The molecule has 136 valence electrons. The van der Waals surface area contributed by atoms with Crippen LogP contribution in [0.2, 0.25) is 0 Å². The highest BCUT2D eigenvalue weighted by Crippen LogP contribution is 2.48. The van der Waals surface area contributed by atoms with Gasteiger partial charge in [0.1, 0.15) is 5.75 Å². The number of halogens is 1. The van der Waals surface area contributed by atoms with E-state index in [0.29, 0.717) is 23.5 Å². The van der Waals surface area contributed by atoms with Crippen LogP contribution in [-0.4, -0.2) is 12.9 Å². The van der Waals surface area contributed by atoms with Gasteiger partial charge in [-0.2, -0.15) is 0 Å². The molecular weight excluding hydrogens is 315 g/mol. The normalized spacial score (nSPS) is 17.4. The summed E-state index contributed by atoms with van der Waals surface area (Å²) in [6, 6.07) is 4.03. The first kappa shape index (κ1) is 19.4. The van der Waals surface area contributed by atoms with E-state index in [2.05, 4.69) is 40.7 Å². The lowest BCUT2D eigenvalue weighted by atomic mass is 9.67. The van der Waals surface area contributed by atoms with Gasteiger partial charge in [-0.1, -0.05) is 40.7 Å². The summed E-state index contributed by atoms with van der Waals surface area (Å²) in [5, 5.41) is 0. The van der Waals surface area contributed by atoms with Crippen LogP contribution < -0.4 is 4.74 Å². The molecule has 2 rings (SSSR count). The molecule has 0 unspecified atom stereocenters. The maximum Gasteiger partial charge on any atom is 0.178 e. The van der Waals surface area contributed by atoms with Crippen LogP contribution in [0.1, 0.15) is 71.6 Å². The van der Waals surface area contributed by atoms with Gasteiger partial charge in [0.05, 0.1) is 6.61 Å². The summed E-state index contributed by atoms with van der Waals surface area (Å²) >= 11 is 0. The van der Waals surface area contributed by atoms with Gasteiger partial charge in [-0.3, -0.25) is 4.79 Å². The van der Waals surface area contributed by atoms with Gasteiger partial charge in [-0.15, -0.1) is 0 Å². The Bertz CT molecular complexity index is 746. The Morgan fingerprint density at radius 1 is 1.32 bits per heavy atom. The van der Waals surface area contributed by atoms with Gasteiger partial charge < -0.3 is 4.74 Å². The Balaban J connectivity index is 2.82. The molecule has 0 heterocycles. The predicted molar refractivity (Wildman–Crippen MR) is 102 cm³/mol. The molecule has 1 aliphatic carbocycles. The Kier molecular flexibility index (Phi) is 5.27. The van der Waals surface area contributed by atoms with Crippen LogP contribution in [-0.2, 0) is 10.2 Å². The van der Waals surface area contributed by atoms with E-state index >= 15 is 0 Å². The van der Waals surface area contributed by atoms with Gasteiger partial charge in [-0.05, 0) is 65.5 Å². The number of ether oxygens (including phenoxy) is 1. The monoisotopic (exact) mass is 344 g/mol. The van der Waals surface area contributed by atoms with Gasteiger partial charge >= 0.3 is 0 Å². The van der Waals surface area contributed by atoms with Crippen molar-refractivity contribution in [3.63, 3.8) is 0 Å². The van der Waals surface area contributed by atoms with E-state index < -0.39 is 5.83 Å². The van der Waals surface area contributed by atoms with Crippen molar-refractivity contribution in [3.05, 3.63) is 40.7 Å². The van der Waals surface area contributed by atoms with Crippen LogP contribution in [0.5, 0.6) is 5.75 Å².